The highest BCUT2D eigenvalue weighted by Gasteiger charge is 2.03. The number of pyridine rings is 1. The molecule has 0 aromatic carbocycles. The normalized spacial score (nSPS) is 10.6. The summed E-state index contributed by atoms with van der Waals surface area (Å²) < 4.78 is 6.98. The van der Waals surface area contributed by atoms with Crippen molar-refractivity contribution in [2.45, 2.75) is 20.0 Å². The third-order valence-electron chi connectivity index (χ3n) is 2.80. The van der Waals surface area contributed by atoms with Crippen LogP contribution < -0.4 is 10.1 Å². The molecular formula is C12H17N5O. The number of rotatable bonds is 5. The van der Waals surface area contributed by atoms with E-state index in [0.717, 1.165) is 23.8 Å². The molecule has 0 amide bonds. The second kappa shape index (κ2) is 5.59. The van der Waals surface area contributed by atoms with E-state index in [-0.39, 0.29) is 0 Å². The standard InChI is InChI=1S/C12H17N5O/c1-9-15-16-11(17(9)2)8-13-6-10-4-5-12(18-3)14-7-10/h4-5,7,13H,6,8H2,1-3H3. The number of hydrogen-bond donors (Lipinski definition) is 1. The first-order valence-corrected chi connectivity index (χ1v) is 5.75. The lowest BCUT2D eigenvalue weighted by Gasteiger charge is -2.05. The molecule has 2 rings (SSSR count). The second-order valence-corrected chi connectivity index (χ2v) is 4.03. The van der Waals surface area contributed by atoms with E-state index in [1.165, 1.54) is 0 Å². The third-order valence-corrected chi connectivity index (χ3v) is 2.80. The summed E-state index contributed by atoms with van der Waals surface area (Å²) in [6.45, 7) is 3.36. The van der Waals surface area contributed by atoms with E-state index in [1.807, 2.05) is 30.7 Å². The van der Waals surface area contributed by atoms with Gasteiger partial charge in [-0.1, -0.05) is 6.07 Å². The molecule has 2 aromatic heterocycles. The van der Waals surface area contributed by atoms with Crippen LogP contribution in [0.15, 0.2) is 18.3 Å². The fourth-order valence-electron chi connectivity index (χ4n) is 1.56. The van der Waals surface area contributed by atoms with Crippen molar-refractivity contribution < 1.29 is 4.74 Å². The highest BCUT2D eigenvalue weighted by Crippen LogP contribution is 2.06. The number of nitrogens with one attached hydrogen (secondary N) is 1. The lowest BCUT2D eigenvalue weighted by Crippen LogP contribution is -2.16. The van der Waals surface area contributed by atoms with Gasteiger partial charge < -0.3 is 14.6 Å². The Balaban J connectivity index is 1.86. The van der Waals surface area contributed by atoms with Crippen LogP contribution in [0, 0.1) is 6.92 Å². The smallest absolute Gasteiger partial charge is 0.212 e. The van der Waals surface area contributed by atoms with Crippen LogP contribution in [0.1, 0.15) is 17.2 Å². The summed E-state index contributed by atoms with van der Waals surface area (Å²) in [5.41, 5.74) is 1.11. The van der Waals surface area contributed by atoms with Gasteiger partial charge in [-0.2, -0.15) is 0 Å². The van der Waals surface area contributed by atoms with E-state index in [0.29, 0.717) is 12.4 Å². The van der Waals surface area contributed by atoms with Crippen molar-refractivity contribution in [2.75, 3.05) is 7.11 Å². The first-order valence-electron chi connectivity index (χ1n) is 5.75. The molecule has 0 fully saturated rings. The maximum absolute atomic E-state index is 5.01. The molecule has 1 N–H and O–H groups in total. The maximum Gasteiger partial charge on any atom is 0.212 e. The molecule has 0 spiro atoms. The summed E-state index contributed by atoms with van der Waals surface area (Å²) in [7, 11) is 3.57. The van der Waals surface area contributed by atoms with Crippen molar-refractivity contribution in [1.82, 2.24) is 25.1 Å². The second-order valence-electron chi connectivity index (χ2n) is 4.03. The number of hydrogen-bond acceptors (Lipinski definition) is 5. The van der Waals surface area contributed by atoms with Crippen LogP contribution in [-0.4, -0.2) is 26.9 Å². The van der Waals surface area contributed by atoms with Gasteiger partial charge >= 0.3 is 0 Å². The van der Waals surface area contributed by atoms with Crippen LogP contribution in [0.2, 0.25) is 0 Å². The van der Waals surface area contributed by atoms with Crippen LogP contribution >= 0.6 is 0 Å². The van der Waals surface area contributed by atoms with Gasteiger partial charge in [-0.25, -0.2) is 4.98 Å². The monoisotopic (exact) mass is 247 g/mol. The molecule has 0 saturated heterocycles. The van der Waals surface area contributed by atoms with Crippen molar-refractivity contribution in [3.63, 3.8) is 0 Å². The molecule has 0 aliphatic carbocycles. The molecule has 0 bridgehead atoms. The van der Waals surface area contributed by atoms with E-state index in [1.54, 1.807) is 13.3 Å². The Bertz CT molecular complexity index is 506. The Kier molecular flexibility index (Phi) is 3.88. The molecule has 18 heavy (non-hydrogen) atoms. The minimum Gasteiger partial charge on any atom is -0.481 e. The summed E-state index contributed by atoms with van der Waals surface area (Å²) in [6.07, 6.45) is 1.80. The lowest BCUT2D eigenvalue weighted by molar-refractivity contribution is 0.397. The van der Waals surface area contributed by atoms with E-state index in [2.05, 4.69) is 20.5 Å². The third kappa shape index (κ3) is 2.84. The fraction of sp³-hybridized carbons (Fsp3) is 0.417. The van der Waals surface area contributed by atoms with Crippen molar-refractivity contribution in [2.24, 2.45) is 7.05 Å². The van der Waals surface area contributed by atoms with Crippen LogP contribution in [0.3, 0.4) is 0 Å². The molecule has 0 aliphatic rings. The summed E-state index contributed by atoms with van der Waals surface area (Å²) in [5.74, 6) is 2.47. The zero-order chi connectivity index (χ0) is 13.0. The van der Waals surface area contributed by atoms with Crippen molar-refractivity contribution in [3.05, 3.63) is 35.5 Å². The molecule has 2 heterocycles. The Morgan fingerprint density at radius 1 is 1.28 bits per heavy atom. The topological polar surface area (TPSA) is 64.9 Å². The Hall–Kier alpha value is -1.95. The molecule has 96 valence electrons. The maximum atomic E-state index is 5.01. The van der Waals surface area contributed by atoms with Gasteiger partial charge in [0.2, 0.25) is 5.88 Å². The summed E-state index contributed by atoms with van der Waals surface area (Å²) in [5, 5.41) is 11.4. The number of aryl methyl sites for hydroxylation is 1. The molecule has 0 radical (unpaired) electrons. The number of nitrogens with zero attached hydrogens (tertiary/aromatic N) is 4. The van der Waals surface area contributed by atoms with Gasteiger partial charge in [0.05, 0.1) is 13.7 Å². The minimum absolute atomic E-state index is 0.627. The highest BCUT2D eigenvalue weighted by atomic mass is 16.5. The fourth-order valence-corrected chi connectivity index (χ4v) is 1.56. The van der Waals surface area contributed by atoms with Gasteiger partial charge in [-0.3, -0.25) is 0 Å². The van der Waals surface area contributed by atoms with Crippen LogP contribution in [0.25, 0.3) is 0 Å². The average molecular weight is 247 g/mol. The first-order chi connectivity index (χ1) is 8.70. The number of aromatic nitrogens is 4. The van der Waals surface area contributed by atoms with Crippen LogP contribution in [0.4, 0.5) is 0 Å². The van der Waals surface area contributed by atoms with E-state index >= 15 is 0 Å². The minimum atomic E-state index is 0.627. The Labute approximate surface area is 106 Å². The van der Waals surface area contributed by atoms with E-state index < -0.39 is 0 Å². The summed E-state index contributed by atoms with van der Waals surface area (Å²) in [4.78, 5) is 4.15. The van der Waals surface area contributed by atoms with Crippen LogP contribution in [-0.2, 0) is 20.1 Å². The number of methoxy groups -OCH3 is 1. The molecule has 0 saturated carbocycles. The summed E-state index contributed by atoms with van der Waals surface area (Å²) >= 11 is 0. The SMILES string of the molecule is COc1ccc(CNCc2nnc(C)n2C)cn1. The molecule has 6 heteroatoms. The van der Waals surface area contributed by atoms with Crippen molar-refractivity contribution in [3.8, 4) is 5.88 Å². The van der Waals surface area contributed by atoms with Gasteiger partial charge in [0.25, 0.3) is 0 Å². The van der Waals surface area contributed by atoms with Crippen LogP contribution in [0.5, 0.6) is 5.88 Å². The lowest BCUT2D eigenvalue weighted by atomic mass is 10.3. The Morgan fingerprint density at radius 2 is 2.11 bits per heavy atom. The van der Waals surface area contributed by atoms with Gasteiger partial charge in [0.1, 0.15) is 11.6 Å². The van der Waals surface area contributed by atoms with Gasteiger partial charge in [0.15, 0.2) is 0 Å². The molecular weight excluding hydrogens is 230 g/mol. The summed E-state index contributed by atoms with van der Waals surface area (Å²) in [6, 6.07) is 3.84. The average Bonchev–Trinajstić information content (AvgIpc) is 2.71. The zero-order valence-electron chi connectivity index (χ0n) is 10.8. The molecule has 2 aromatic rings. The van der Waals surface area contributed by atoms with Crippen molar-refractivity contribution >= 4 is 0 Å². The number of ether oxygens (including phenoxy) is 1. The highest BCUT2D eigenvalue weighted by molar-refractivity contribution is 5.17. The predicted molar refractivity (Wildman–Crippen MR) is 67.1 cm³/mol. The first kappa shape index (κ1) is 12.5. The van der Waals surface area contributed by atoms with E-state index in [4.69, 9.17) is 4.74 Å². The molecule has 6 nitrogen and oxygen atoms in total. The Morgan fingerprint density at radius 3 is 2.67 bits per heavy atom. The largest absolute Gasteiger partial charge is 0.481 e. The van der Waals surface area contributed by atoms with Gasteiger partial charge in [0, 0.05) is 25.9 Å². The molecule has 0 aliphatic heterocycles. The molecule has 0 atom stereocenters. The van der Waals surface area contributed by atoms with E-state index in [9.17, 15) is 0 Å². The predicted octanol–water partition coefficient (Wildman–Crippen LogP) is 0.817. The van der Waals surface area contributed by atoms with Crippen molar-refractivity contribution in [1.29, 1.82) is 0 Å². The quantitative estimate of drug-likeness (QED) is 0.847. The van der Waals surface area contributed by atoms with Gasteiger partial charge in [-0.05, 0) is 12.5 Å². The molecule has 0 unspecified atom stereocenters. The zero-order valence-corrected chi connectivity index (χ0v) is 10.8. The van der Waals surface area contributed by atoms with Gasteiger partial charge in [-0.15, -0.1) is 10.2 Å².